The molecular formula is C18H29N3O6S. The predicted octanol–water partition coefficient (Wildman–Crippen LogP) is 3.77. The molecule has 2 rings (SSSR count). The van der Waals surface area contributed by atoms with Crippen molar-refractivity contribution in [2.75, 3.05) is 44.4 Å². The summed E-state index contributed by atoms with van der Waals surface area (Å²) in [5.74, 6) is 0.965. The number of rotatable bonds is 11. The molecule has 0 bridgehead atoms. The molecule has 28 heavy (non-hydrogen) atoms. The average Bonchev–Trinajstić information content (AvgIpc) is 2.67. The summed E-state index contributed by atoms with van der Waals surface area (Å²) >= 11 is 0. The fraction of sp³-hybridized carbons (Fsp3) is 0.667. The minimum Gasteiger partial charge on any atom is -0.491 e. The molecule has 0 atom stereocenters. The zero-order valence-electron chi connectivity index (χ0n) is 16.5. The van der Waals surface area contributed by atoms with Crippen LogP contribution in [-0.4, -0.2) is 52.5 Å². The zero-order valence-corrected chi connectivity index (χ0v) is 17.3. The summed E-state index contributed by atoms with van der Waals surface area (Å²) in [5, 5.41) is 3.67. The van der Waals surface area contributed by atoms with Crippen LogP contribution in [0.5, 0.6) is 11.5 Å². The van der Waals surface area contributed by atoms with E-state index in [0.29, 0.717) is 51.0 Å². The number of anilines is 1. The smallest absolute Gasteiger partial charge is 0.396 e. The first-order chi connectivity index (χ1) is 13.4. The van der Waals surface area contributed by atoms with Crippen LogP contribution in [0.4, 0.5) is 11.4 Å². The van der Waals surface area contributed by atoms with Gasteiger partial charge in [-0.1, -0.05) is 26.7 Å². The average molecular weight is 416 g/mol. The normalized spacial score (nSPS) is 15.2. The van der Waals surface area contributed by atoms with E-state index >= 15 is 0 Å². The third-order valence-electron chi connectivity index (χ3n) is 4.15. The van der Waals surface area contributed by atoms with Gasteiger partial charge < -0.3 is 19.1 Å². The molecule has 1 aromatic carbocycles. The number of nitrogens with zero attached hydrogens (tertiary/aromatic N) is 3. The Morgan fingerprint density at radius 3 is 2.25 bits per heavy atom. The molecule has 0 amide bonds. The van der Waals surface area contributed by atoms with Crippen molar-refractivity contribution in [2.45, 2.75) is 39.5 Å². The molecule has 158 valence electrons. The van der Waals surface area contributed by atoms with Gasteiger partial charge in [0.1, 0.15) is 17.2 Å². The van der Waals surface area contributed by atoms with Gasteiger partial charge in [0.05, 0.1) is 32.1 Å². The molecule has 1 saturated heterocycles. The van der Waals surface area contributed by atoms with Crippen molar-refractivity contribution in [3.8, 4) is 11.5 Å². The van der Waals surface area contributed by atoms with Crippen molar-refractivity contribution in [3.05, 3.63) is 12.1 Å². The highest BCUT2D eigenvalue weighted by atomic mass is 32.2. The first kappa shape index (κ1) is 22.4. The second kappa shape index (κ2) is 11.2. The molecular weight excluding hydrogens is 386 g/mol. The summed E-state index contributed by atoms with van der Waals surface area (Å²) in [6.45, 7) is 7.77. The number of hydrogen-bond acceptors (Lipinski definition) is 7. The van der Waals surface area contributed by atoms with Crippen LogP contribution < -0.4 is 14.4 Å². The van der Waals surface area contributed by atoms with Crippen molar-refractivity contribution in [1.82, 2.24) is 0 Å². The first-order valence-corrected chi connectivity index (χ1v) is 11.0. The fourth-order valence-electron chi connectivity index (χ4n) is 2.65. The molecule has 1 aliphatic rings. The van der Waals surface area contributed by atoms with Crippen LogP contribution in [0.3, 0.4) is 0 Å². The highest BCUT2D eigenvalue weighted by Crippen LogP contribution is 2.41. The minimum atomic E-state index is -4.59. The molecule has 1 aromatic rings. The molecule has 1 fully saturated rings. The minimum absolute atomic E-state index is 0.192. The van der Waals surface area contributed by atoms with Crippen LogP contribution in [0, 0.1) is 0 Å². The summed E-state index contributed by atoms with van der Waals surface area (Å²) in [6.07, 6.45) is 3.67. The van der Waals surface area contributed by atoms with Gasteiger partial charge >= 0.3 is 10.3 Å². The molecule has 0 unspecified atom stereocenters. The van der Waals surface area contributed by atoms with Gasteiger partial charge in [-0.15, -0.1) is 5.11 Å². The highest BCUT2D eigenvalue weighted by Gasteiger charge is 2.20. The largest absolute Gasteiger partial charge is 0.491 e. The lowest BCUT2D eigenvalue weighted by Gasteiger charge is -2.31. The Balaban J connectivity index is 2.41. The maximum atomic E-state index is 11.0. The van der Waals surface area contributed by atoms with Crippen LogP contribution >= 0.6 is 0 Å². The van der Waals surface area contributed by atoms with E-state index in [1.54, 1.807) is 12.1 Å². The van der Waals surface area contributed by atoms with Gasteiger partial charge in [-0.3, -0.25) is 4.55 Å². The van der Waals surface area contributed by atoms with E-state index in [-0.39, 0.29) is 5.69 Å². The Hall–Kier alpha value is -1.91. The van der Waals surface area contributed by atoms with E-state index in [2.05, 4.69) is 21.5 Å². The van der Waals surface area contributed by atoms with Gasteiger partial charge in [0.15, 0.2) is 0 Å². The van der Waals surface area contributed by atoms with Gasteiger partial charge in [0, 0.05) is 25.2 Å². The third kappa shape index (κ3) is 7.25. The number of hydrogen-bond donors (Lipinski definition) is 1. The van der Waals surface area contributed by atoms with Gasteiger partial charge in [0.2, 0.25) is 0 Å². The zero-order chi connectivity index (χ0) is 20.4. The lowest BCUT2D eigenvalue weighted by Crippen LogP contribution is -2.36. The molecule has 9 nitrogen and oxygen atoms in total. The SMILES string of the molecule is CCCCOc1cc(N2CCOCC2)c(OCCCC)cc1N=NS(=O)(=O)O. The van der Waals surface area contributed by atoms with E-state index in [0.717, 1.165) is 31.4 Å². The van der Waals surface area contributed by atoms with Crippen molar-refractivity contribution >= 4 is 21.7 Å². The lowest BCUT2D eigenvalue weighted by molar-refractivity contribution is 0.122. The standard InChI is InChI=1S/C18H29N3O6S/c1-3-5-9-26-17-14-16(21-7-11-25-12-8-21)18(27-10-6-4-2)13-15(17)19-20-28(22,23)24/h13-14H,3-12H2,1-2H3,(H,22,23,24). The van der Waals surface area contributed by atoms with Gasteiger partial charge in [-0.25, -0.2) is 0 Å². The molecule has 0 aromatic heterocycles. The Bertz CT molecular complexity index is 748. The second-order valence-electron chi connectivity index (χ2n) is 6.42. The summed E-state index contributed by atoms with van der Waals surface area (Å²) < 4.78 is 51.0. The summed E-state index contributed by atoms with van der Waals surface area (Å²) in [7, 11) is -4.59. The molecule has 0 aliphatic carbocycles. The van der Waals surface area contributed by atoms with Gasteiger partial charge in [0.25, 0.3) is 0 Å². The maximum absolute atomic E-state index is 11.0. The van der Waals surface area contributed by atoms with Crippen molar-refractivity contribution in [1.29, 1.82) is 0 Å². The van der Waals surface area contributed by atoms with Crippen molar-refractivity contribution in [2.24, 2.45) is 9.63 Å². The molecule has 0 spiro atoms. The monoisotopic (exact) mass is 415 g/mol. The Morgan fingerprint density at radius 2 is 1.68 bits per heavy atom. The number of ether oxygens (including phenoxy) is 3. The number of benzene rings is 1. The van der Waals surface area contributed by atoms with Crippen molar-refractivity contribution in [3.63, 3.8) is 0 Å². The van der Waals surface area contributed by atoms with E-state index < -0.39 is 10.3 Å². The van der Waals surface area contributed by atoms with E-state index in [1.807, 2.05) is 6.92 Å². The first-order valence-electron chi connectivity index (χ1n) is 9.61. The van der Waals surface area contributed by atoms with Crippen LogP contribution in [0.2, 0.25) is 0 Å². The quantitative estimate of drug-likeness (QED) is 0.333. The molecule has 10 heteroatoms. The van der Waals surface area contributed by atoms with Crippen LogP contribution in [0.1, 0.15) is 39.5 Å². The highest BCUT2D eigenvalue weighted by molar-refractivity contribution is 7.84. The van der Waals surface area contributed by atoms with Crippen LogP contribution in [0.25, 0.3) is 0 Å². The van der Waals surface area contributed by atoms with E-state index in [9.17, 15) is 8.42 Å². The number of unbranched alkanes of at least 4 members (excludes halogenated alkanes) is 2. The molecule has 0 saturated carbocycles. The van der Waals surface area contributed by atoms with Crippen molar-refractivity contribution < 1.29 is 27.2 Å². The topological polar surface area (TPSA) is 110 Å². The van der Waals surface area contributed by atoms with Gasteiger partial charge in [-0.05, 0) is 17.4 Å². The van der Waals surface area contributed by atoms with E-state index in [1.165, 1.54) is 0 Å². The fourth-order valence-corrected chi connectivity index (χ4v) is 2.84. The molecule has 1 heterocycles. The molecule has 1 aliphatic heterocycles. The predicted molar refractivity (Wildman–Crippen MR) is 106 cm³/mol. The Labute approximate surface area is 166 Å². The van der Waals surface area contributed by atoms with Crippen LogP contribution in [-0.2, 0) is 15.0 Å². The number of morpholine rings is 1. The van der Waals surface area contributed by atoms with Gasteiger partial charge in [-0.2, -0.15) is 8.42 Å². The lowest BCUT2D eigenvalue weighted by atomic mass is 10.2. The summed E-state index contributed by atoms with van der Waals surface area (Å²) in [4.78, 5) is 2.14. The maximum Gasteiger partial charge on any atom is 0.396 e. The molecule has 1 N–H and O–H groups in total. The Morgan fingerprint density at radius 1 is 1.07 bits per heavy atom. The molecule has 0 radical (unpaired) electrons. The summed E-state index contributed by atoms with van der Waals surface area (Å²) in [5.41, 5.74) is 1.04. The van der Waals surface area contributed by atoms with Crippen LogP contribution in [0.15, 0.2) is 21.8 Å². The van der Waals surface area contributed by atoms with E-state index in [4.69, 9.17) is 18.8 Å². The third-order valence-corrected chi connectivity index (χ3v) is 4.44. The second-order valence-corrected chi connectivity index (χ2v) is 7.48. The Kier molecular flexibility index (Phi) is 8.94. The summed E-state index contributed by atoms with van der Waals surface area (Å²) in [6, 6.07) is 3.40.